The number of amides is 2. The number of hydrogen-bond donors (Lipinski definition) is 2. The molecule has 2 amide bonds. The van der Waals surface area contributed by atoms with E-state index in [1.807, 2.05) is 31.2 Å². The largest absolute Gasteiger partial charge is 0.431 e. The minimum Gasteiger partial charge on any atom is -0.431 e. The molecule has 0 bridgehead atoms. The Labute approximate surface area is 221 Å². The summed E-state index contributed by atoms with van der Waals surface area (Å²) in [5.41, 5.74) is 3.62. The number of carbonyl (C=O) groups is 2. The lowest BCUT2D eigenvalue weighted by Crippen LogP contribution is -2.36. The zero-order valence-corrected chi connectivity index (χ0v) is 21.5. The molecule has 1 aliphatic rings. The summed E-state index contributed by atoms with van der Waals surface area (Å²) in [6, 6.07) is 21.1. The van der Waals surface area contributed by atoms with Gasteiger partial charge in [0.15, 0.2) is 0 Å². The number of nitrogens with zero attached hydrogens (tertiary/aromatic N) is 2. The summed E-state index contributed by atoms with van der Waals surface area (Å²) in [5.74, 6) is 0.419. The van der Waals surface area contributed by atoms with E-state index in [4.69, 9.17) is 21.2 Å². The van der Waals surface area contributed by atoms with E-state index in [2.05, 4.69) is 20.7 Å². The zero-order valence-electron chi connectivity index (χ0n) is 20.7. The van der Waals surface area contributed by atoms with Crippen LogP contribution in [0.5, 0.6) is 0 Å². The molecule has 0 unspecified atom stereocenters. The van der Waals surface area contributed by atoms with E-state index in [-0.39, 0.29) is 0 Å². The molecular formula is C28H29ClN4O4. The summed E-state index contributed by atoms with van der Waals surface area (Å²) < 4.78 is 5.56. The molecule has 1 aliphatic heterocycles. The van der Waals surface area contributed by atoms with Crippen molar-refractivity contribution in [1.82, 2.24) is 0 Å². The Hall–Kier alpha value is -4.04. The van der Waals surface area contributed by atoms with Crippen molar-refractivity contribution in [2.24, 2.45) is 5.16 Å². The first-order valence-corrected chi connectivity index (χ1v) is 12.4. The van der Waals surface area contributed by atoms with Gasteiger partial charge >= 0.3 is 6.09 Å². The fraction of sp³-hybridized carbons (Fsp3) is 0.250. The minimum absolute atomic E-state index is 0.468. The van der Waals surface area contributed by atoms with Gasteiger partial charge in [-0.3, -0.25) is 10.1 Å². The van der Waals surface area contributed by atoms with Gasteiger partial charge in [0.05, 0.1) is 0 Å². The van der Waals surface area contributed by atoms with Gasteiger partial charge in [0, 0.05) is 40.6 Å². The molecule has 0 aromatic heterocycles. The normalized spacial score (nSPS) is 15.1. The van der Waals surface area contributed by atoms with Gasteiger partial charge in [-0.15, -0.1) is 0 Å². The van der Waals surface area contributed by atoms with Crippen molar-refractivity contribution in [2.75, 3.05) is 29.2 Å². The maximum atomic E-state index is 13.3. The monoisotopic (exact) mass is 520 g/mol. The molecule has 1 atom stereocenters. The number of rotatable bonds is 7. The first-order chi connectivity index (χ1) is 17.9. The van der Waals surface area contributed by atoms with Crippen LogP contribution in [0.3, 0.4) is 0 Å². The topological polar surface area (TPSA) is 92.3 Å². The Morgan fingerprint density at radius 3 is 2.41 bits per heavy atom. The maximum Gasteiger partial charge on any atom is 0.412 e. The van der Waals surface area contributed by atoms with Crippen LogP contribution < -0.4 is 15.5 Å². The van der Waals surface area contributed by atoms with Crippen molar-refractivity contribution in [2.45, 2.75) is 32.3 Å². The Balaban J connectivity index is 1.50. The van der Waals surface area contributed by atoms with Crippen molar-refractivity contribution < 1.29 is 19.2 Å². The smallest absolute Gasteiger partial charge is 0.412 e. The maximum absolute atomic E-state index is 13.3. The molecule has 0 spiro atoms. The van der Waals surface area contributed by atoms with Gasteiger partial charge in [0.25, 0.3) is 5.91 Å². The second-order valence-corrected chi connectivity index (χ2v) is 9.05. The number of oxime groups is 1. The third-order valence-corrected chi connectivity index (χ3v) is 6.20. The fourth-order valence-corrected chi connectivity index (χ4v) is 4.34. The average molecular weight is 521 g/mol. The van der Waals surface area contributed by atoms with E-state index >= 15 is 0 Å². The number of amidine groups is 1. The van der Waals surface area contributed by atoms with Crippen molar-refractivity contribution >= 4 is 46.5 Å². The summed E-state index contributed by atoms with van der Waals surface area (Å²) >= 11 is 5.91. The van der Waals surface area contributed by atoms with Gasteiger partial charge < -0.3 is 19.8 Å². The van der Waals surface area contributed by atoms with E-state index in [0.717, 1.165) is 42.9 Å². The Kier molecular flexibility index (Phi) is 8.64. The predicted octanol–water partition coefficient (Wildman–Crippen LogP) is 6.53. The number of ether oxygens (including phenoxy) is 1. The molecule has 192 valence electrons. The van der Waals surface area contributed by atoms with Gasteiger partial charge in [0.1, 0.15) is 12.9 Å². The number of benzene rings is 3. The second-order valence-electron chi connectivity index (χ2n) is 8.62. The van der Waals surface area contributed by atoms with Gasteiger partial charge in [-0.1, -0.05) is 47.1 Å². The average Bonchev–Trinajstić information content (AvgIpc) is 2.90. The lowest BCUT2D eigenvalue weighted by atomic mass is 10.1. The summed E-state index contributed by atoms with van der Waals surface area (Å²) in [6.45, 7) is 2.83. The van der Waals surface area contributed by atoms with Crippen LogP contribution in [0.15, 0.2) is 78.0 Å². The Bertz CT molecular complexity index is 1260. The van der Waals surface area contributed by atoms with E-state index in [1.54, 1.807) is 55.6 Å². The lowest BCUT2D eigenvalue weighted by Gasteiger charge is -2.31. The highest BCUT2D eigenvalue weighted by Crippen LogP contribution is 2.29. The third-order valence-electron chi connectivity index (χ3n) is 5.95. The molecule has 3 aromatic carbocycles. The minimum atomic E-state index is -1.16. The van der Waals surface area contributed by atoms with Crippen LogP contribution in [0.2, 0.25) is 5.02 Å². The molecule has 9 heteroatoms. The third kappa shape index (κ3) is 6.80. The second kappa shape index (κ2) is 12.3. The molecule has 1 heterocycles. The molecular weight excluding hydrogens is 492 g/mol. The van der Waals surface area contributed by atoms with Crippen LogP contribution in [0.25, 0.3) is 0 Å². The van der Waals surface area contributed by atoms with E-state index < -0.39 is 18.1 Å². The standard InChI is InChI=1S/C28H29ClN4O4/c1-19-18-23(15-16-24(19)33-17-7-6-10-25(33)32-36-2)30-27(34)26(20-8-4-3-5-9-20)37-28(35)31-22-13-11-21(29)12-14-22/h3-5,8-9,11-16,18,26H,6-7,10,17H2,1-2H3,(H,30,34)(H,31,35)/b32-25+/t26-/m0/s1. The number of nitrogens with one attached hydrogen (secondary N) is 2. The van der Waals surface area contributed by atoms with Crippen LogP contribution in [0, 0.1) is 6.92 Å². The Morgan fingerprint density at radius 1 is 0.973 bits per heavy atom. The van der Waals surface area contributed by atoms with E-state index in [1.165, 1.54) is 0 Å². The SMILES string of the molecule is CO/N=C1\CCCCN1c1ccc(NC(=O)[C@@H](OC(=O)Nc2ccc(Cl)cc2)c2ccccc2)cc1C. The summed E-state index contributed by atoms with van der Waals surface area (Å²) in [6.07, 6.45) is 1.07. The molecule has 1 fully saturated rings. The first kappa shape index (κ1) is 26.0. The van der Waals surface area contributed by atoms with Crippen LogP contribution in [0.4, 0.5) is 21.9 Å². The highest BCUT2D eigenvalue weighted by molar-refractivity contribution is 6.30. The number of aryl methyl sites for hydroxylation is 1. The molecule has 4 rings (SSSR count). The number of carbonyl (C=O) groups excluding carboxylic acids is 2. The van der Waals surface area contributed by atoms with Crippen LogP contribution in [-0.2, 0) is 14.4 Å². The van der Waals surface area contributed by atoms with Gasteiger partial charge in [-0.2, -0.15) is 0 Å². The molecule has 37 heavy (non-hydrogen) atoms. The quantitative estimate of drug-likeness (QED) is 0.346. The number of halogens is 1. The highest BCUT2D eigenvalue weighted by atomic mass is 35.5. The molecule has 1 saturated heterocycles. The molecule has 0 aliphatic carbocycles. The molecule has 0 radical (unpaired) electrons. The first-order valence-electron chi connectivity index (χ1n) is 12.0. The van der Waals surface area contributed by atoms with E-state index in [9.17, 15) is 9.59 Å². The molecule has 3 aromatic rings. The highest BCUT2D eigenvalue weighted by Gasteiger charge is 2.26. The molecule has 8 nitrogen and oxygen atoms in total. The summed E-state index contributed by atoms with van der Waals surface area (Å²) in [5, 5.41) is 10.2. The molecule has 2 N–H and O–H groups in total. The number of piperidine rings is 1. The molecule has 0 saturated carbocycles. The van der Waals surface area contributed by atoms with Crippen molar-refractivity contribution in [3.63, 3.8) is 0 Å². The Morgan fingerprint density at radius 2 is 1.70 bits per heavy atom. The number of anilines is 3. The fourth-order valence-electron chi connectivity index (χ4n) is 4.21. The summed E-state index contributed by atoms with van der Waals surface area (Å²) in [4.78, 5) is 33.1. The number of hydrogen-bond acceptors (Lipinski definition) is 5. The van der Waals surface area contributed by atoms with Crippen LogP contribution in [-0.4, -0.2) is 31.5 Å². The van der Waals surface area contributed by atoms with Crippen molar-refractivity contribution in [3.8, 4) is 0 Å². The van der Waals surface area contributed by atoms with Crippen LogP contribution in [0.1, 0.15) is 36.5 Å². The van der Waals surface area contributed by atoms with Gasteiger partial charge in [-0.25, -0.2) is 4.79 Å². The van der Waals surface area contributed by atoms with Crippen LogP contribution >= 0.6 is 11.6 Å². The van der Waals surface area contributed by atoms with E-state index in [0.29, 0.717) is 22.0 Å². The predicted molar refractivity (Wildman–Crippen MR) is 146 cm³/mol. The lowest BCUT2D eigenvalue weighted by molar-refractivity contribution is -0.124. The van der Waals surface area contributed by atoms with Gasteiger partial charge in [0.2, 0.25) is 6.10 Å². The van der Waals surface area contributed by atoms with Crippen molar-refractivity contribution in [1.29, 1.82) is 0 Å². The zero-order chi connectivity index (χ0) is 26.2. The van der Waals surface area contributed by atoms with Crippen molar-refractivity contribution in [3.05, 3.63) is 88.9 Å². The van der Waals surface area contributed by atoms with Gasteiger partial charge in [-0.05, 0) is 67.8 Å². The summed E-state index contributed by atoms with van der Waals surface area (Å²) in [7, 11) is 1.55.